The van der Waals surface area contributed by atoms with Gasteiger partial charge in [-0.3, -0.25) is 9.59 Å². The molecule has 0 unspecified atom stereocenters. The molecular weight excluding hydrogens is 700 g/mol. The highest BCUT2D eigenvalue weighted by molar-refractivity contribution is 5.73. The van der Waals surface area contributed by atoms with Gasteiger partial charge in [-0.15, -0.1) is 0 Å². The van der Waals surface area contributed by atoms with Crippen LogP contribution in [0.2, 0.25) is 0 Å². The van der Waals surface area contributed by atoms with Gasteiger partial charge in [0.1, 0.15) is 97.5 Å². The van der Waals surface area contributed by atoms with Crippen LogP contribution < -0.4 is 10.6 Å². The van der Waals surface area contributed by atoms with Crippen LogP contribution in [0.15, 0.2) is 0 Å². The van der Waals surface area contributed by atoms with E-state index in [1.165, 1.54) is 0 Å². The molecule has 3 rings (SSSR count). The first-order valence-corrected chi connectivity index (χ1v) is 16.0. The summed E-state index contributed by atoms with van der Waals surface area (Å²) in [6.45, 7) is -2.75. The molecule has 0 radical (unpaired) electrons. The fraction of sp³-hybridized carbons (Fsp3) is 0.929. The van der Waals surface area contributed by atoms with Gasteiger partial charge in [-0.25, -0.2) is 0 Å². The number of nitrogens with one attached hydrogen (secondary N) is 2. The number of hydrogen-bond acceptors (Lipinski definition) is 21. The predicted molar refractivity (Wildman–Crippen MR) is 159 cm³/mol. The Morgan fingerprint density at radius 2 is 1.00 bits per heavy atom. The highest BCUT2D eigenvalue weighted by atomic mass is 16.8. The zero-order valence-corrected chi connectivity index (χ0v) is 27.6. The standard InChI is InChI=1S/C28H50N2O21/c1-8(36)29-15-20(43)18(41)12(5-33)46-26(15)50-24-14(7-35)48-28(49-23(11(39)4-32)17(40)10(38)3-31)25(22(24)45)51-27-16(30-9(2)37)21(44)19(42)13(6-34)47-27/h10-28,31-35,38-45H,3-7H2,1-2H3,(H,29,36)(H,30,37)/t10-,11-,12-,13-,14-,15-,16-,17-,18-,19-,20-,21-,22+,23-,24-,25+,26+,27+,28-/m1/s1. The molecule has 23 nitrogen and oxygen atoms in total. The van der Waals surface area contributed by atoms with Crippen molar-refractivity contribution in [1.82, 2.24) is 10.6 Å². The summed E-state index contributed by atoms with van der Waals surface area (Å²) in [5, 5.41) is 139. The smallest absolute Gasteiger partial charge is 0.217 e. The Labute approximate surface area is 290 Å². The lowest BCUT2D eigenvalue weighted by Crippen LogP contribution is -2.70. The number of aliphatic hydroxyl groups is 13. The third kappa shape index (κ3) is 10.2. The van der Waals surface area contributed by atoms with Crippen LogP contribution in [0.4, 0.5) is 0 Å². The van der Waals surface area contributed by atoms with E-state index in [1.807, 2.05) is 0 Å². The topological polar surface area (TPSA) is 377 Å². The maximum Gasteiger partial charge on any atom is 0.217 e. The number of ether oxygens (including phenoxy) is 6. The summed E-state index contributed by atoms with van der Waals surface area (Å²) < 4.78 is 34.4. The summed E-state index contributed by atoms with van der Waals surface area (Å²) in [4.78, 5) is 24.0. The quantitative estimate of drug-likeness (QED) is 0.0696. The van der Waals surface area contributed by atoms with E-state index < -0.39 is 161 Å². The molecule has 0 saturated carbocycles. The van der Waals surface area contributed by atoms with Gasteiger partial charge in [0.05, 0.1) is 33.0 Å². The first kappa shape index (κ1) is 43.6. The van der Waals surface area contributed by atoms with Gasteiger partial charge >= 0.3 is 0 Å². The minimum atomic E-state index is -2.13. The molecular formula is C28H50N2O21. The highest BCUT2D eigenvalue weighted by Crippen LogP contribution is 2.34. The molecule has 3 heterocycles. The van der Waals surface area contributed by atoms with Crippen molar-refractivity contribution in [1.29, 1.82) is 0 Å². The molecule has 0 spiro atoms. The van der Waals surface area contributed by atoms with E-state index in [0.29, 0.717) is 0 Å². The van der Waals surface area contributed by atoms with Crippen molar-refractivity contribution in [2.75, 3.05) is 33.0 Å². The SMILES string of the molecule is CC(=O)N[C@H]1[C@H](O[C@@H]2[C@@H](O[C@@H]([C@H](O)[C@H](O)CO)[C@H](O)CO)O[C@H](CO)[C@@H](O[C@@H]3O[C@H](CO)[C@@H](O)[C@H](O)[C@H]3NC(C)=O)[C@@H]2O)O[C@H](CO)[C@@H](O)[C@@H]1O. The minimum absolute atomic E-state index is 0.727. The molecule has 0 aromatic carbocycles. The average Bonchev–Trinajstić information content (AvgIpc) is 3.10. The second-order valence-electron chi connectivity index (χ2n) is 12.4. The van der Waals surface area contributed by atoms with Crippen LogP contribution in [-0.2, 0) is 38.0 Å². The van der Waals surface area contributed by atoms with E-state index >= 15 is 0 Å². The Morgan fingerprint density at radius 1 is 0.588 bits per heavy atom. The molecule has 0 aromatic rings. The third-order valence-electron chi connectivity index (χ3n) is 8.66. The molecule has 3 fully saturated rings. The van der Waals surface area contributed by atoms with Crippen LogP contribution >= 0.6 is 0 Å². The van der Waals surface area contributed by atoms with Gasteiger partial charge < -0.3 is 105 Å². The van der Waals surface area contributed by atoms with Crippen molar-refractivity contribution in [3.63, 3.8) is 0 Å². The summed E-state index contributed by atoms with van der Waals surface area (Å²) in [6.07, 6.45) is -31.6. The summed E-state index contributed by atoms with van der Waals surface area (Å²) in [6, 6.07) is -3.16. The van der Waals surface area contributed by atoms with E-state index in [4.69, 9.17) is 28.4 Å². The van der Waals surface area contributed by atoms with Crippen LogP contribution in [0.25, 0.3) is 0 Å². The van der Waals surface area contributed by atoms with E-state index in [-0.39, 0.29) is 0 Å². The zero-order valence-electron chi connectivity index (χ0n) is 27.6. The molecule has 0 aliphatic carbocycles. The number of carbonyl (C=O) groups excluding carboxylic acids is 2. The lowest BCUT2D eigenvalue weighted by Gasteiger charge is -2.50. The third-order valence-corrected chi connectivity index (χ3v) is 8.66. The van der Waals surface area contributed by atoms with Gasteiger partial charge in [-0.05, 0) is 0 Å². The van der Waals surface area contributed by atoms with Crippen molar-refractivity contribution >= 4 is 11.8 Å². The normalized spacial score (nSPS) is 41.3. The molecule has 0 bridgehead atoms. The maximum absolute atomic E-state index is 12.0. The first-order valence-electron chi connectivity index (χ1n) is 16.0. The second-order valence-corrected chi connectivity index (χ2v) is 12.4. The Kier molecular flexibility index (Phi) is 16.7. The van der Waals surface area contributed by atoms with Crippen LogP contribution in [0.5, 0.6) is 0 Å². The van der Waals surface area contributed by atoms with Crippen molar-refractivity contribution in [3.8, 4) is 0 Å². The van der Waals surface area contributed by atoms with E-state index in [9.17, 15) is 76.0 Å². The number of rotatable bonds is 16. The lowest BCUT2D eigenvalue weighted by atomic mass is 9.94. The fourth-order valence-electron chi connectivity index (χ4n) is 5.93. The Hall–Kier alpha value is -1.82. The van der Waals surface area contributed by atoms with Crippen LogP contribution in [0, 0.1) is 0 Å². The van der Waals surface area contributed by atoms with Crippen molar-refractivity contribution in [3.05, 3.63) is 0 Å². The van der Waals surface area contributed by atoms with Gasteiger partial charge in [0.2, 0.25) is 11.8 Å². The molecule has 23 heteroatoms. The summed E-state index contributed by atoms with van der Waals surface area (Å²) >= 11 is 0. The monoisotopic (exact) mass is 750 g/mol. The first-order chi connectivity index (χ1) is 24.0. The molecule has 298 valence electrons. The molecule has 15 N–H and O–H groups in total. The van der Waals surface area contributed by atoms with Crippen molar-refractivity contribution in [2.45, 2.75) is 130 Å². The van der Waals surface area contributed by atoms with Gasteiger partial charge in [-0.1, -0.05) is 0 Å². The predicted octanol–water partition coefficient (Wildman–Crippen LogP) is -9.83. The Balaban J connectivity index is 2.08. The Bertz CT molecular complexity index is 1100. The molecule has 0 aromatic heterocycles. The largest absolute Gasteiger partial charge is 0.394 e. The van der Waals surface area contributed by atoms with E-state index in [2.05, 4.69) is 10.6 Å². The number of amides is 2. The Morgan fingerprint density at radius 3 is 1.39 bits per heavy atom. The molecule has 3 aliphatic heterocycles. The zero-order chi connectivity index (χ0) is 38.3. The van der Waals surface area contributed by atoms with E-state index in [0.717, 1.165) is 13.8 Å². The molecule has 3 saturated heterocycles. The lowest BCUT2D eigenvalue weighted by molar-refractivity contribution is -0.384. The average molecular weight is 751 g/mol. The van der Waals surface area contributed by atoms with Crippen molar-refractivity contribution in [2.24, 2.45) is 0 Å². The molecule has 51 heavy (non-hydrogen) atoms. The van der Waals surface area contributed by atoms with Gasteiger partial charge in [0.25, 0.3) is 0 Å². The molecule has 3 aliphatic rings. The van der Waals surface area contributed by atoms with Crippen LogP contribution in [-0.4, -0.2) is 228 Å². The number of hydrogen-bond donors (Lipinski definition) is 15. The van der Waals surface area contributed by atoms with Gasteiger partial charge in [0, 0.05) is 13.8 Å². The van der Waals surface area contributed by atoms with Gasteiger partial charge in [-0.2, -0.15) is 0 Å². The summed E-state index contributed by atoms with van der Waals surface area (Å²) in [5.41, 5.74) is 0. The van der Waals surface area contributed by atoms with Crippen LogP contribution in [0.3, 0.4) is 0 Å². The number of carbonyl (C=O) groups is 2. The minimum Gasteiger partial charge on any atom is -0.394 e. The maximum atomic E-state index is 12.0. The van der Waals surface area contributed by atoms with Crippen molar-refractivity contribution < 1.29 is 104 Å². The number of aliphatic hydroxyl groups excluding tert-OH is 13. The summed E-state index contributed by atoms with van der Waals surface area (Å²) in [7, 11) is 0. The van der Waals surface area contributed by atoms with Crippen LogP contribution in [0.1, 0.15) is 13.8 Å². The fourth-order valence-corrected chi connectivity index (χ4v) is 5.93. The molecule has 19 atom stereocenters. The van der Waals surface area contributed by atoms with Gasteiger partial charge in [0.15, 0.2) is 18.9 Å². The summed E-state index contributed by atoms with van der Waals surface area (Å²) in [5.74, 6) is -1.49. The van der Waals surface area contributed by atoms with E-state index in [1.54, 1.807) is 0 Å². The second kappa shape index (κ2) is 19.5. The highest BCUT2D eigenvalue weighted by Gasteiger charge is 2.55. The molecule has 2 amide bonds.